The van der Waals surface area contributed by atoms with Crippen LogP contribution in [0.25, 0.3) is 0 Å². The Kier molecular flexibility index (Phi) is 4.40. The summed E-state index contributed by atoms with van der Waals surface area (Å²) in [6.07, 6.45) is 0. The minimum absolute atomic E-state index is 0.940. The molecule has 0 aromatic rings. The second kappa shape index (κ2) is 3.49. The van der Waals surface area contributed by atoms with Gasteiger partial charge >= 0.3 is 49.2 Å². The summed E-state index contributed by atoms with van der Waals surface area (Å²) in [7, 11) is 0. The Bertz CT molecular complexity index is 20.9. The van der Waals surface area contributed by atoms with Crippen LogP contribution in [0.5, 0.6) is 0 Å². The van der Waals surface area contributed by atoms with Crippen LogP contribution < -0.4 is 0 Å². The average Bonchev–Trinajstić information content (AvgIpc) is 1.38. The molecular weight excluding hydrogens is 112 g/mol. The fourth-order valence-corrected chi connectivity index (χ4v) is 0. The van der Waals surface area contributed by atoms with Crippen molar-refractivity contribution in [3.63, 3.8) is 0 Å². The van der Waals surface area contributed by atoms with Crippen LogP contribution in [0.1, 0.15) is 13.8 Å². The van der Waals surface area contributed by atoms with Crippen LogP contribution in [0.3, 0.4) is 0 Å². The molecule has 0 aliphatic heterocycles. The summed E-state index contributed by atoms with van der Waals surface area (Å²) in [5.74, 6) is 1.18. The van der Waals surface area contributed by atoms with Crippen LogP contribution in [0.15, 0.2) is 0 Å². The van der Waals surface area contributed by atoms with Crippen LogP contribution in [-0.4, -0.2) is 5.66 Å². The van der Waals surface area contributed by atoms with Crippen molar-refractivity contribution in [2.24, 2.45) is 0 Å². The molecule has 0 aromatic heterocycles. The fourth-order valence-electron chi connectivity index (χ4n) is 0. The van der Waals surface area contributed by atoms with Crippen molar-refractivity contribution in [2.75, 3.05) is 0 Å². The maximum atomic E-state index is 2.25. The molecule has 28 valence electrons. The van der Waals surface area contributed by atoms with E-state index in [0.29, 0.717) is 0 Å². The van der Waals surface area contributed by atoms with Gasteiger partial charge in [-0.1, -0.05) is 0 Å². The van der Waals surface area contributed by atoms with E-state index in [1.807, 2.05) is 23.8 Å². The second-order valence-electron chi connectivity index (χ2n) is 1.32. The summed E-state index contributed by atoms with van der Waals surface area (Å²) in [5.41, 5.74) is 0.940. The van der Waals surface area contributed by atoms with Gasteiger partial charge in [0.1, 0.15) is 0 Å². The molecular formula is C3H8PSc. The second-order valence-corrected chi connectivity index (χ2v) is 4.37. The van der Waals surface area contributed by atoms with Gasteiger partial charge in [0.15, 0.2) is 0 Å². The molecule has 0 saturated carbocycles. The summed E-state index contributed by atoms with van der Waals surface area (Å²) in [5, 5.41) is 0. The summed E-state index contributed by atoms with van der Waals surface area (Å²) in [6, 6.07) is 0. The molecule has 0 saturated heterocycles. The Morgan fingerprint density at radius 1 is 1.60 bits per heavy atom. The summed E-state index contributed by atoms with van der Waals surface area (Å²) < 4.78 is 0. The van der Waals surface area contributed by atoms with Crippen molar-refractivity contribution in [3.05, 3.63) is 0 Å². The van der Waals surface area contributed by atoms with Crippen molar-refractivity contribution < 1.29 is 23.8 Å². The van der Waals surface area contributed by atoms with E-state index in [2.05, 4.69) is 13.8 Å². The molecule has 1 atom stereocenters. The molecule has 0 nitrogen and oxygen atoms in total. The van der Waals surface area contributed by atoms with Gasteiger partial charge in [0, 0.05) is 0 Å². The molecule has 0 radical (unpaired) electrons. The van der Waals surface area contributed by atoms with Crippen molar-refractivity contribution in [3.8, 4) is 0 Å². The first kappa shape index (κ1) is 6.30. The average molecular weight is 120 g/mol. The summed E-state index contributed by atoms with van der Waals surface area (Å²) in [6.45, 7) is 4.50. The zero-order valence-corrected chi connectivity index (χ0v) is 6.46. The maximum absolute atomic E-state index is 2.25. The van der Waals surface area contributed by atoms with E-state index in [9.17, 15) is 0 Å². The van der Waals surface area contributed by atoms with Gasteiger partial charge in [0.2, 0.25) is 0 Å². The third-order valence-corrected chi connectivity index (χ3v) is 4.12. The van der Waals surface area contributed by atoms with Gasteiger partial charge in [-0.15, -0.1) is 0 Å². The van der Waals surface area contributed by atoms with Gasteiger partial charge in [0.25, 0.3) is 0 Å². The van der Waals surface area contributed by atoms with E-state index in [4.69, 9.17) is 0 Å². The Hall–Kier alpha value is 1.30. The van der Waals surface area contributed by atoms with E-state index in [1.54, 1.807) is 0 Å². The van der Waals surface area contributed by atoms with Gasteiger partial charge in [-0.25, -0.2) is 0 Å². The molecule has 0 bridgehead atoms. The molecule has 0 aliphatic rings. The van der Waals surface area contributed by atoms with Crippen LogP contribution in [0, 0.1) is 0 Å². The first-order valence-electron chi connectivity index (χ1n) is 1.73. The van der Waals surface area contributed by atoms with Crippen molar-refractivity contribution in [2.45, 2.75) is 19.5 Å². The molecule has 0 rings (SSSR count). The van der Waals surface area contributed by atoms with Gasteiger partial charge in [-0.05, 0) is 0 Å². The van der Waals surface area contributed by atoms with E-state index in [0.717, 1.165) is 5.66 Å². The summed E-state index contributed by atoms with van der Waals surface area (Å²) >= 11 is 1.86. The molecule has 1 unspecified atom stereocenters. The predicted octanol–water partition coefficient (Wildman–Crippen LogP) is 1.54. The van der Waals surface area contributed by atoms with Gasteiger partial charge in [-0.2, -0.15) is 0 Å². The molecule has 0 amide bonds. The first-order chi connectivity index (χ1) is 2.27. The molecule has 5 heavy (non-hydrogen) atoms. The molecule has 0 aromatic carbocycles. The first-order valence-corrected chi connectivity index (χ1v) is 5.59. The summed E-state index contributed by atoms with van der Waals surface area (Å²) in [4.78, 5) is 0. The van der Waals surface area contributed by atoms with Gasteiger partial charge in [0.05, 0.1) is 0 Å². The molecule has 0 fully saturated rings. The normalized spacial score (nSPS) is 11.6. The molecule has 2 heteroatoms. The standard InChI is InChI=1S/C3H8P.Sc/c1-3(2)4;/h3-4H,1-2H3;/q-1;+1. The number of hydrogen-bond acceptors (Lipinski definition) is 0. The van der Waals surface area contributed by atoms with Crippen LogP contribution in [-0.2, 0) is 23.8 Å². The Morgan fingerprint density at radius 3 is 1.80 bits per heavy atom. The van der Waals surface area contributed by atoms with Crippen molar-refractivity contribution >= 4 is 5.93 Å². The van der Waals surface area contributed by atoms with E-state index >= 15 is 0 Å². The molecule has 0 aliphatic carbocycles. The SMILES string of the molecule is CC(C)[PH][Sc]. The molecule has 0 N–H and O–H groups in total. The molecule has 0 heterocycles. The topological polar surface area (TPSA) is 0 Å². The van der Waals surface area contributed by atoms with E-state index in [-0.39, 0.29) is 0 Å². The van der Waals surface area contributed by atoms with E-state index in [1.165, 1.54) is 5.93 Å². The van der Waals surface area contributed by atoms with Crippen LogP contribution in [0.2, 0.25) is 0 Å². The van der Waals surface area contributed by atoms with Crippen LogP contribution in [0.4, 0.5) is 0 Å². The van der Waals surface area contributed by atoms with Gasteiger partial charge < -0.3 is 0 Å². The number of rotatable bonds is 1. The number of hydrogen-bond donors (Lipinski definition) is 0. The Balaban J connectivity index is 2.54. The molecule has 0 spiro atoms. The van der Waals surface area contributed by atoms with Crippen molar-refractivity contribution in [1.29, 1.82) is 0 Å². The third kappa shape index (κ3) is 5.30. The fraction of sp³-hybridized carbons (Fsp3) is 1.00. The van der Waals surface area contributed by atoms with Crippen LogP contribution >= 0.6 is 5.93 Å². The Morgan fingerprint density at radius 2 is 1.80 bits per heavy atom. The van der Waals surface area contributed by atoms with E-state index < -0.39 is 0 Å². The zero-order valence-electron chi connectivity index (χ0n) is 3.65. The quantitative estimate of drug-likeness (QED) is 0.460. The minimum atomic E-state index is 0.940. The predicted molar refractivity (Wildman–Crippen MR) is 23.5 cm³/mol. The zero-order chi connectivity index (χ0) is 4.28. The van der Waals surface area contributed by atoms with Crippen molar-refractivity contribution in [1.82, 2.24) is 0 Å². The Labute approximate surface area is 49.4 Å². The third-order valence-electron chi connectivity index (χ3n) is 0.333. The van der Waals surface area contributed by atoms with Gasteiger partial charge in [-0.3, -0.25) is 0 Å². The monoisotopic (exact) mass is 120 g/mol.